The molecule has 7 nitrogen and oxygen atoms in total. The van der Waals surface area contributed by atoms with Crippen molar-refractivity contribution in [3.63, 3.8) is 0 Å². The van der Waals surface area contributed by atoms with Crippen LogP contribution in [0.25, 0.3) is 0 Å². The minimum atomic E-state index is -0.260. The van der Waals surface area contributed by atoms with Gasteiger partial charge in [0.25, 0.3) is 0 Å². The van der Waals surface area contributed by atoms with Gasteiger partial charge in [0.1, 0.15) is 6.04 Å². The van der Waals surface area contributed by atoms with Crippen molar-refractivity contribution in [2.24, 2.45) is 11.8 Å². The molecule has 5 fully saturated rings. The predicted octanol–water partition coefficient (Wildman–Crippen LogP) is 0.945. The molecule has 7 heteroatoms. The molecule has 0 aromatic carbocycles. The molecule has 27 heavy (non-hydrogen) atoms. The molecule has 1 heterocycles. The van der Waals surface area contributed by atoms with Crippen molar-refractivity contribution in [1.29, 1.82) is 5.26 Å². The molecule has 4 saturated carbocycles. The van der Waals surface area contributed by atoms with Crippen LogP contribution in [0.3, 0.4) is 0 Å². The quantitative estimate of drug-likeness (QED) is 0.672. The molecule has 0 aromatic heterocycles. The monoisotopic (exact) mass is 374 g/mol. The van der Waals surface area contributed by atoms with Crippen LogP contribution < -0.4 is 10.6 Å². The van der Waals surface area contributed by atoms with Gasteiger partial charge in [-0.15, -0.1) is 0 Å². The Kier molecular flexibility index (Phi) is 4.89. The molecular weight excluding hydrogens is 344 g/mol. The summed E-state index contributed by atoms with van der Waals surface area (Å²) >= 11 is 0. The summed E-state index contributed by atoms with van der Waals surface area (Å²) in [5, 5.41) is 16.4. The summed E-state index contributed by atoms with van der Waals surface area (Å²) in [4.78, 5) is 26.0. The van der Waals surface area contributed by atoms with Crippen LogP contribution in [0.2, 0.25) is 0 Å². The van der Waals surface area contributed by atoms with Crippen LogP contribution in [-0.2, 0) is 14.3 Å². The summed E-state index contributed by atoms with van der Waals surface area (Å²) in [6, 6.07) is 1.99. The third-order valence-electron chi connectivity index (χ3n) is 7.23. The van der Waals surface area contributed by atoms with Crippen LogP contribution in [0.1, 0.15) is 51.4 Å². The lowest BCUT2D eigenvalue weighted by Crippen LogP contribution is -2.69. The highest BCUT2D eigenvalue weighted by Crippen LogP contribution is 2.57. The topological polar surface area (TPSA) is 94.5 Å². The number of rotatable bonds is 6. The average Bonchev–Trinajstić information content (AvgIpc) is 3.12. The SMILES string of the molecule is COC(=O)CNC12CC3CC(C1)CC(NCC(=O)N1CCC[C@H]1C#N)(C3)C2. The summed E-state index contributed by atoms with van der Waals surface area (Å²) < 4.78 is 4.80. The number of amides is 1. The summed E-state index contributed by atoms with van der Waals surface area (Å²) in [7, 11) is 1.42. The Balaban J connectivity index is 1.41. The lowest BCUT2D eigenvalue weighted by Gasteiger charge is -2.62. The molecule has 148 valence electrons. The molecule has 2 unspecified atom stereocenters. The third-order valence-corrected chi connectivity index (χ3v) is 7.23. The second kappa shape index (κ2) is 7.06. The zero-order valence-electron chi connectivity index (χ0n) is 16.1. The fourth-order valence-electron chi connectivity index (χ4n) is 6.57. The van der Waals surface area contributed by atoms with E-state index in [1.54, 1.807) is 4.90 Å². The van der Waals surface area contributed by atoms with E-state index in [0.29, 0.717) is 24.9 Å². The first kappa shape index (κ1) is 18.7. The van der Waals surface area contributed by atoms with E-state index in [0.717, 1.165) is 44.9 Å². The highest BCUT2D eigenvalue weighted by atomic mass is 16.5. The molecule has 3 atom stereocenters. The predicted molar refractivity (Wildman–Crippen MR) is 98.5 cm³/mol. The summed E-state index contributed by atoms with van der Waals surface area (Å²) in [6.07, 6.45) is 8.37. The molecule has 0 spiro atoms. The first-order valence-electron chi connectivity index (χ1n) is 10.2. The standard InChI is InChI=1S/C20H30N4O3/c1-27-18(26)12-23-20-8-14-5-15(9-20)7-19(6-14,13-20)22-11-17(25)24-4-2-3-16(24)10-21/h14-16,22-23H,2-9,11-13H2,1H3/t14?,15?,16-,19?,20?/m0/s1. The third kappa shape index (κ3) is 3.57. The number of hydrogen-bond acceptors (Lipinski definition) is 6. The normalized spacial score (nSPS) is 39.4. The van der Waals surface area contributed by atoms with Gasteiger partial charge >= 0.3 is 5.97 Å². The van der Waals surface area contributed by atoms with E-state index in [4.69, 9.17) is 4.74 Å². The minimum Gasteiger partial charge on any atom is -0.468 e. The van der Waals surface area contributed by atoms with Gasteiger partial charge in [-0.2, -0.15) is 5.26 Å². The lowest BCUT2D eigenvalue weighted by atomic mass is 9.50. The van der Waals surface area contributed by atoms with Gasteiger partial charge in [0.05, 0.1) is 26.3 Å². The Hall–Kier alpha value is -1.65. The first-order chi connectivity index (χ1) is 13.0. The number of esters is 1. The van der Waals surface area contributed by atoms with E-state index in [1.165, 1.54) is 13.5 Å². The summed E-state index contributed by atoms with van der Waals surface area (Å²) in [5.74, 6) is 1.13. The van der Waals surface area contributed by atoms with Crippen molar-refractivity contribution < 1.29 is 14.3 Å². The maximum absolute atomic E-state index is 12.7. The second-order valence-corrected chi connectivity index (χ2v) is 9.18. The number of nitrogens with one attached hydrogen (secondary N) is 2. The number of nitrogens with zero attached hydrogens (tertiary/aromatic N) is 2. The van der Waals surface area contributed by atoms with Crippen LogP contribution >= 0.6 is 0 Å². The van der Waals surface area contributed by atoms with Crippen molar-refractivity contribution in [3.8, 4) is 6.07 Å². The zero-order chi connectivity index (χ0) is 19.1. The zero-order valence-corrected chi connectivity index (χ0v) is 16.1. The Bertz CT molecular complexity index is 644. The van der Waals surface area contributed by atoms with Crippen LogP contribution in [-0.4, -0.2) is 60.6 Å². The molecule has 1 aliphatic heterocycles. The van der Waals surface area contributed by atoms with Crippen LogP contribution in [0, 0.1) is 23.2 Å². The molecule has 0 radical (unpaired) electrons. The second-order valence-electron chi connectivity index (χ2n) is 9.18. The molecule has 4 bridgehead atoms. The van der Waals surface area contributed by atoms with Crippen molar-refractivity contribution in [2.75, 3.05) is 26.7 Å². The van der Waals surface area contributed by atoms with Gasteiger partial charge in [-0.05, 0) is 63.2 Å². The maximum Gasteiger partial charge on any atom is 0.319 e. The first-order valence-corrected chi connectivity index (χ1v) is 10.2. The van der Waals surface area contributed by atoms with Gasteiger partial charge in [-0.1, -0.05) is 0 Å². The fraction of sp³-hybridized carbons (Fsp3) is 0.850. The molecule has 0 aromatic rings. The van der Waals surface area contributed by atoms with Crippen molar-refractivity contribution >= 4 is 11.9 Å². The van der Waals surface area contributed by atoms with Gasteiger partial charge in [0.2, 0.25) is 5.91 Å². The molecule has 1 amide bonds. The Labute approximate surface area is 160 Å². The molecule has 2 N–H and O–H groups in total. The Morgan fingerprint density at radius 3 is 2.37 bits per heavy atom. The Morgan fingerprint density at radius 2 is 1.78 bits per heavy atom. The van der Waals surface area contributed by atoms with E-state index >= 15 is 0 Å². The summed E-state index contributed by atoms with van der Waals surface area (Å²) in [5.41, 5.74) is -0.0398. The number of carbonyl (C=O) groups is 2. The van der Waals surface area contributed by atoms with Gasteiger partial charge in [-0.25, -0.2) is 0 Å². The van der Waals surface area contributed by atoms with Crippen molar-refractivity contribution in [3.05, 3.63) is 0 Å². The smallest absolute Gasteiger partial charge is 0.319 e. The van der Waals surface area contributed by atoms with Gasteiger partial charge in [0.15, 0.2) is 0 Å². The van der Waals surface area contributed by atoms with Gasteiger partial charge in [-0.3, -0.25) is 9.59 Å². The van der Waals surface area contributed by atoms with E-state index in [2.05, 4.69) is 16.7 Å². The molecule has 4 aliphatic carbocycles. The maximum atomic E-state index is 12.7. The number of methoxy groups -OCH3 is 1. The highest BCUT2D eigenvalue weighted by molar-refractivity contribution is 5.79. The largest absolute Gasteiger partial charge is 0.468 e. The van der Waals surface area contributed by atoms with E-state index < -0.39 is 0 Å². The van der Waals surface area contributed by atoms with Crippen LogP contribution in [0.4, 0.5) is 0 Å². The van der Waals surface area contributed by atoms with Gasteiger partial charge in [0, 0.05) is 17.6 Å². The summed E-state index contributed by atoms with van der Waals surface area (Å²) in [6.45, 7) is 1.26. The number of hydrogen-bond donors (Lipinski definition) is 2. The fourth-order valence-corrected chi connectivity index (χ4v) is 6.57. The minimum absolute atomic E-state index is 0.0167. The van der Waals surface area contributed by atoms with Crippen LogP contribution in [0.5, 0.6) is 0 Å². The Morgan fingerprint density at radius 1 is 1.15 bits per heavy atom. The van der Waals surface area contributed by atoms with E-state index in [9.17, 15) is 14.9 Å². The lowest BCUT2D eigenvalue weighted by molar-refractivity contribution is -0.141. The number of nitriles is 1. The highest BCUT2D eigenvalue weighted by Gasteiger charge is 2.57. The van der Waals surface area contributed by atoms with Crippen molar-refractivity contribution in [1.82, 2.24) is 15.5 Å². The van der Waals surface area contributed by atoms with E-state index in [-0.39, 0.29) is 35.5 Å². The molecule has 5 aliphatic rings. The number of carbonyl (C=O) groups excluding carboxylic acids is 2. The van der Waals surface area contributed by atoms with E-state index in [1.807, 2.05) is 0 Å². The number of ether oxygens (including phenoxy) is 1. The number of likely N-dealkylation sites (tertiary alicyclic amines) is 1. The average molecular weight is 374 g/mol. The molecular formula is C20H30N4O3. The van der Waals surface area contributed by atoms with Crippen molar-refractivity contribution in [2.45, 2.75) is 68.5 Å². The van der Waals surface area contributed by atoms with Gasteiger partial charge < -0.3 is 20.3 Å². The van der Waals surface area contributed by atoms with Crippen LogP contribution in [0.15, 0.2) is 0 Å². The molecule has 1 saturated heterocycles. The molecule has 5 rings (SSSR count).